The number of aromatic nitrogens is 1. The molecule has 0 aliphatic rings. The molecule has 0 radical (unpaired) electrons. The molecule has 124 valence electrons. The molecule has 0 amide bonds. The van der Waals surface area contributed by atoms with E-state index in [-0.39, 0.29) is 23.7 Å². The van der Waals surface area contributed by atoms with Crippen molar-refractivity contribution in [3.8, 4) is 5.75 Å². The predicted molar refractivity (Wildman–Crippen MR) is 99.1 cm³/mol. The zero-order chi connectivity index (χ0) is 17.6. The molecule has 4 nitrogen and oxygen atoms in total. The molecule has 0 atom stereocenters. The fourth-order valence-corrected chi connectivity index (χ4v) is 2.48. The molecule has 0 saturated carbocycles. The molecule has 0 aliphatic carbocycles. The molecule has 2 aromatic carbocycles. The van der Waals surface area contributed by atoms with E-state index in [0.717, 1.165) is 22.0 Å². The highest BCUT2D eigenvalue weighted by Gasteiger charge is 2.05. The van der Waals surface area contributed by atoms with Crippen LogP contribution in [0.2, 0.25) is 0 Å². The van der Waals surface area contributed by atoms with E-state index in [1.807, 2.05) is 30.5 Å². The minimum Gasteiger partial charge on any atom is -0.508 e. The summed E-state index contributed by atoms with van der Waals surface area (Å²) < 4.78 is 0. The smallest absolute Gasteiger partial charge is 0.163 e. The zero-order valence-electron chi connectivity index (χ0n) is 13.5. The second-order valence-electron chi connectivity index (χ2n) is 5.66. The fourth-order valence-electron chi connectivity index (χ4n) is 2.48. The number of benzene rings is 2. The van der Waals surface area contributed by atoms with Crippen LogP contribution >= 0.6 is 0 Å². The summed E-state index contributed by atoms with van der Waals surface area (Å²) in [5, 5.41) is 10.2. The zero-order valence-corrected chi connectivity index (χ0v) is 13.5. The Balaban J connectivity index is 1.60. The van der Waals surface area contributed by atoms with Gasteiger partial charge in [-0.1, -0.05) is 36.4 Å². The average molecular weight is 331 g/mol. The van der Waals surface area contributed by atoms with Crippen LogP contribution in [0.1, 0.15) is 17.5 Å². The van der Waals surface area contributed by atoms with Crippen molar-refractivity contribution in [2.75, 3.05) is 0 Å². The van der Waals surface area contributed by atoms with Gasteiger partial charge in [-0.25, -0.2) is 0 Å². The standard InChI is InChI=1S/C21H17NO3/c23-17-9-5-15(6-10-17)7-11-18(24)13-19(25)12-8-16-14-22-21-4-2-1-3-20(16)21/h1-12,14,22-23H,13H2/b11-7+,12-8+. The lowest BCUT2D eigenvalue weighted by atomic mass is 10.1. The lowest BCUT2D eigenvalue weighted by Gasteiger charge is -1.94. The van der Waals surface area contributed by atoms with Gasteiger partial charge >= 0.3 is 0 Å². The van der Waals surface area contributed by atoms with Gasteiger partial charge < -0.3 is 10.1 Å². The van der Waals surface area contributed by atoms with Gasteiger partial charge in [0.05, 0.1) is 6.42 Å². The third kappa shape index (κ3) is 4.32. The number of aromatic amines is 1. The van der Waals surface area contributed by atoms with Gasteiger partial charge in [-0.3, -0.25) is 9.59 Å². The number of H-pyrrole nitrogens is 1. The van der Waals surface area contributed by atoms with Gasteiger partial charge in [0, 0.05) is 17.1 Å². The first-order valence-electron chi connectivity index (χ1n) is 7.89. The van der Waals surface area contributed by atoms with E-state index < -0.39 is 0 Å². The molecule has 4 heteroatoms. The Kier molecular flexibility index (Phi) is 4.90. The Morgan fingerprint density at radius 1 is 0.920 bits per heavy atom. The molecule has 3 rings (SSSR count). The van der Waals surface area contributed by atoms with Crippen molar-refractivity contribution < 1.29 is 14.7 Å². The van der Waals surface area contributed by atoms with E-state index in [1.165, 1.54) is 12.2 Å². The number of fused-ring (bicyclic) bond motifs is 1. The van der Waals surface area contributed by atoms with Crippen LogP contribution in [0.25, 0.3) is 23.1 Å². The summed E-state index contributed by atoms with van der Waals surface area (Å²) in [5.74, 6) is -0.339. The van der Waals surface area contributed by atoms with Crippen molar-refractivity contribution in [3.63, 3.8) is 0 Å². The summed E-state index contributed by atoms with van der Waals surface area (Å²) in [6.45, 7) is 0. The molecule has 0 saturated heterocycles. The number of aromatic hydroxyl groups is 1. The number of allylic oxidation sites excluding steroid dienone is 2. The number of nitrogens with one attached hydrogen (secondary N) is 1. The van der Waals surface area contributed by atoms with Crippen LogP contribution in [0.15, 0.2) is 66.9 Å². The SMILES string of the molecule is O=C(/C=C/c1ccc(O)cc1)CC(=O)/C=C/c1c[nH]c2ccccc12. The van der Waals surface area contributed by atoms with Gasteiger partial charge in [-0.15, -0.1) is 0 Å². The second-order valence-corrected chi connectivity index (χ2v) is 5.66. The van der Waals surface area contributed by atoms with Crippen molar-refractivity contribution in [3.05, 3.63) is 78.0 Å². The predicted octanol–water partition coefficient (Wildman–Crippen LogP) is 4.13. The van der Waals surface area contributed by atoms with Crippen LogP contribution in [0.4, 0.5) is 0 Å². The fraction of sp³-hybridized carbons (Fsp3) is 0.0476. The van der Waals surface area contributed by atoms with Crippen molar-refractivity contribution in [1.29, 1.82) is 0 Å². The second kappa shape index (κ2) is 7.45. The third-order valence-electron chi connectivity index (χ3n) is 3.77. The molecule has 0 fully saturated rings. The van der Waals surface area contributed by atoms with E-state index in [4.69, 9.17) is 0 Å². The van der Waals surface area contributed by atoms with Crippen LogP contribution in [-0.2, 0) is 9.59 Å². The maximum absolute atomic E-state index is 12.0. The topological polar surface area (TPSA) is 70.2 Å². The highest BCUT2D eigenvalue weighted by atomic mass is 16.3. The van der Waals surface area contributed by atoms with Crippen LogP contribution < -0.4 is 0 Å². The average Bonchev–Trinajstić information content (AvgIpc) is 3.03. The van der Waals surface area contributed by atoms with E-state index >= 15 is 0 Å². The summed E-state index contributed by atoms with van der Waals surface area (Å²) in [6.07, 6.45) is 7.82. The lowest BCUT2D eigenvalue weighted by molar-refractivity contribution is -0.121. The number of carbonyl (C=O) groups excluding carboxylic acids is 2. The highest BCUT2D eigenvalue weighted by Crippen LogP contribution is 2.18. The number of phenolic OH excluding ortho intramolecular Hbond substituents is 1. The monoisotopic (exact) mass is 331 g/mol. The summed E-state index contributed by atoms with van der Waals surface area (Å²) in [7, 11) is 0. The minimum atomic E-state index is -0.262. The van der Waals surface area contributed by atoms with Gasteiger partial charge in [0.25, 0.3) is 0 Å². The van der Waals surface area contributed by atoms with E-state index in [2.05, 4.69) is 4.98 Å². The van der Waals surface area contributed by atoms with Gasteiger partial charge in [0.2, 0.25) is 0 Å². The van der Waals surface area contributed by atoms with Crippen molar-refractivity contribution in [2.45, 2.75) is 6.42 Å². The van der Waals surface area contributed by atoms with Crippen LogP contribution in [0.5, 0.6) is 5.75 Å². The first-order valence-corrected chi connectivity index (χ1v) is 7.89. The molecular formula is C21H17NO3. The molecule has 1 aromatic heterocycles. The van der Waals surface area contributed by atoms with Gasteiger partial charge in [0.15, 0.2) is 11.6 Å². The van der Waals surface area contributed by atoms with Crippen molar-refractivity contribution in [2.24, 2.45) is 0 Å². The molecule has 3 aromatic rings. The number of hydrogen-bond acceptors (Lipinski definition) is 3. The number of phenols is 1. The first-order chi connectivity index (χ1) is 12.1. The molecule has 1 heterocycles. The van der Waals surface area contributed by atoms with Crippen molar-refractivity contribution in [1.82, 2.24) is 4.98 Å². The number of ketones is 2. The van der Waals surface area contributed by atoms with E-state index in [1.54, 1.807) is 36.4 Å². The highest BCUT2D eigenvalue weighted by molar-refractivity contribution is 6.11. The number of hydrogen-bond donors (Lipinski definition) is 2. The summed E-state index contributed by atoms with van der Waals surface area (Å²) >= 11 is 0. The molecule has 0 bridgehead atoms. The Morgan fingerprint density at radius 3 is 2.36 bits per heavy atom. The number of para-hydroxylation sites is 1. The maximum atomic E-state index is 12.0. The Bertz CT molecular complexity index is 962. The Labute approximate surface area is 145 Å². The van der Waals surface area contributed by atoms with Crippen LogP contribution in [0, 0.1) is 0 Å². The molecular weight excluding hydrogens is 314 g/mol. The van der Waals surface area contributed by atoms with Gasteiger partial charge in [-0.05, 0) is 47.6 Å². The molecule has 2 N–H and O–H groups in total. The van der Waals surface area contributed by atoms with Crippen LogP contribution in [0.3, 0.4) is 0 Å². The molecule has 0 unspecified atom stereocenters. The summed E-state index contributed by atoms with van der Waals surface area (Å²) in [5.41, 5.74) is 2.70. The first kappa shape index (κ1) is 16.5. The Morgan fingerprint density at radius 2 is 1.60 bits per heavy atom. The number of rotatable bonds is 6. The quantitative estimate of drug-likeness (QED) is 0.527. The Hall–Kier alpha value is -3.40. The maximum Gasteiger partial charge on any atom is 0.163 e. The van der Waals surface area contributed by atoms with Gasteiger partial charge in [-0.2, -0.15) is 0 Å². The number of carbonyl (C=O) groups is 2. The molecule has 0 aliphatic heterocycles. The third-order valence-corrected chi connectivity index (χ3v) is 3.77. The normalized spacial score (nSPS) is 11.5. The largest absolute Gasteiger partial charge is 0.508 e. The molecule has 0 spiro atoms. The van der Waals surface area contributed by atoms with Crippen LogP contribution in [-0.4, -0.2) is 21.7 Å². The summed E-state index contributed by atoms with van der Waals surface area (Å²) in [4.78, 5) is 27.0. The lowest BCUT2D eigenvalue weighted by Crippen LogP contribution is -2.01. The minimum absolute atomic E-state index is 0.168. The van der Waals surface area contributed by atoms with E-state index in [9.17, 15) is 14.7 Å². The molecule has 25 heavy (non-hydrogen) atoms. The van der Waals surface area contributed by atoms with E-state index in [0.29, 0.717) is 0 Å². The summed E-state index contributed by atoms with van der Waals surface area (Å²) in [6, 6.07) is 14.3. The van der Waals surface area contributed by atoms with Crippen molar-refractivity contribution >= 4 is 34.6 Å². The van der Waals surface area contributed by atoms with Gasteiger partial charge in [0.1, 0.15) is 5.75 Å².